The van der Waals surface area contributed by atoms with Crippen LogP contribution in [0.3, 0.4) is 0 Å². The van der Waals surface area contributed by atoms with Crippen molar-refractivity contribution in [2.75, 3.05) is 20.3 Å². The van der Waals surface area contributed by atoms with Gasteiger partial charge < -0.3 is 14.8 Å². The predicted octanol–water partition coefficient (Wildman–Crippen LogP) is 1.53. The second-order valence-electron chi connectivity index (χ2n) is 4.92. The van der Waals surface area contributed by atoms with Crippen LogP contribution in [0.2, 0.25) is 0 Å². The number of benzene rings is 1. The van der Waals surface area contributed by atoms with Gasteiger partial charge in [0.2, 0.25) is 0 Å². The van der Waals surface area contributed by atoms with Crippen LogP contribution >= 0.6 is 0 Å². The fourth-order valence-corrected chi connectivity index (χ4v) is 1.78. The molecule has 0 unspecified atom stereocenters. The fourth-order valence-electron chi connectivity index (χ4n) is 1.78. The zero-order chi connectivity index (χ0) is 16.5. The Kier molecular flexibility index (Phi) is 7.08. The van der Waals surface area contributed by atoms with Crippen LogP contribution in [0.15, 0.2) is 18.2 Å². The second kappa shape index (κ2) is 8.81. The monoisotopic (exact) mass is 307 g/mol. The summed E-state index contributed by atoms with van der Waals surface area (Å²) >= 11 is 0. The van der Waals surface area contributed by atoms with Crippen molar-refractivity contribution >= 4 is 17.8 Å². The fraction of sp³-hybridized carbons (Fsp3) is 0.438. The minimum Gasteiger partial charge on any atom is -0.469 e. The summed E-state index contributed by atoms with van der Waals surface area (Å²) in [7, 11) is 1.31. The predicted molar refractivity (Wildman–Crippen MR) is 80.5 cm³/mol. The molecule has 22 heavy (non-hydrogen) atoms. The van der Waals surface area contributed by atoms with Crippen LogP contribution in [0.5, 0.6) is 0 Å². The second-order valence-corrected chi connectivity index (χ2v) is 4.92. The van der Waals surface area contributed by atoms with E-state index >= 15 is 0 Å². The van der Waals surface area contributed by atoms with Crippen LogP contribution in [-0.4, -0.2) is 38.1 Å². The molecule has 0 aliphatic rings. The Morgan fingerprint density at radius 2 is 1.91 bits per heavy atom. The lowest BCUT2D eigenvalue weighted by Crippen LogP contribution is -2.30. The molecule has 1 amide bonds. The van der Waals surface area contributed by atoms with Gasteiger partial charge in [-0.2, -0.15) is 0 Å². The molecule has 0 bridgehead atoms. The van der Waals surface area contributed by atoms with Gasteiger partial charge >= 0.3 is 11.9 Å². The number of ether oxygens (including phenoxy) is 2. The van der Waals surface area contributed by atoms with Crippen LogP contribution in [-0.2, 0) is 19.1 Å². The summed E-state index contributed by atoms with van der Waals surface area (Å²) in [6, 6.07) is 5.46. The molecule has 1 rings (SSSR count). The summed E-state index contributed by atoms with van der Waals surface area (Å²) in [4.78, 5) is 34.3. The maximum atomic E-state index is 11.9. The quantitative estimate of drug-likeness (QED) is 0.610. The van der Waals surface area contributed by atoms with Crippen molar-refractivity contribution in [3.63, 3.8) is 0 Å². The first kappa shape index (κ1) is 17.7. The van der Waals surface area contributed by atoms with Crippen molar-refractivity contribution in [3.05, 3.63) is 34.9 Å². The summed E-state index contributed by atoms with van der Waals surface area (Å²) in [5.74, 6) is -1.25. The zero-order valence-corrected chi connectivity index (χ0v) is 13.1. The van der Waals surface area contributed by atoms with Gasteiger partial charge in [-0.1, -0.05) is 17.7 Å². The Morgan fingerprint density at radius 3 is 2.59 bits per heavy atom. The van der Waals surface area contributed by atoms with E-state index in [1.54, 1.807) is 6.07 Å². The van der Waals surface area contributed by atoms with Crippen LogP contribution in [0.25, 0.3) is 0 Å². The molecule has 0 saturated heterocycles. The SMILES string of the molecule is COC(=O)CCCNC(=O)COC(=O)c1cc(C)ccc1C. The van der Waals surface area contributed by atoms with E-state index in [0.717, 1.165) is 11.1 Å². The number of carbonyl (C=O) groups is 3. The third-order valence-electron chi connectivity index (χ3n) is 3.05. The van der Waals surface area contributed by atoms with Crippen LogP contribution < -0.4 is 5.32 Å². The maximum Gasteiger partial charge on any atom is 0.338 e. The largest absolute Gasteiger partial charge is 0.469 e. The van der Waals surface area contributed by atoms with E-state index in [0.29, 0.717) is 18.5 Å². The third kappa shape index (κ3) is 5.95. The summed E-state index contributed by atoms with van der Waals surface area (Å²) in [5.41, 5.74) is 2.21. The molecule has 120 valence electrons. The average Bonchev–Trinajstić information content (AvgIpc) is 2.51. The summed E-state index contributed by atoms with van der Waals surface area (Å²) in [6.07, 6.45) is 0.711. The van der Waals surface area contributed by atoms with Crippen LogP contribution in [0.4, 0.5) is 0 Å². The molecule has 0 saturated carbocycles. The van der Waals surface area contributed by atoms with Crippen LogP contribution in [0.1, 0.15) is 34.3 Å². The number of methoxy groups -OCH3 is 1. The van der Waals surface area contributed by atoms with Gasteiger partial charge in [-0.3, -0.25) is 9.59 Å². The van der Waals surface area contributed by atoms with Crippen molar-refractivity contribution in [2.45, 2.75) is 26.7 Å². The standard InChI is InChI=1S/C16H21NO5/c1-11-6-7-12(2)13(9-11)16(20)22-10-14(18)17-8-4-5-15(19)21-3/h6-7,9H,4-5,8,10H2,1-3H3,(H,17,18). The number of hydrogen-bond acceptors (Lipinski definition) is 5. The van der Waals surface area contributed by atoms with E-state index in [-0.39, 0.29) is 19.0 Å². The molecule has 0 radical (unpaired) electrons. The van der Waals surface area contributed by atoms with Gasteiger partial charge in [-0.25, -0.2) is 4.79 Å². The molecule has 1 aromatic rings. The Bertz CT molecular complexity index is 553. The van der Waals surface area contributed by atoms with Gasteiger partial charge in [0.15, 0.2) is 6.61 Å². The molecule has 1 N–H and O–H groups in total. The van der Waals surface area contributed by atoms with Gasteiger partial charge in [-0.05, 0) is 31.9 Å². The van der Waals surface area contributed by atoms with Gasteiger partial charge in [0, 0.05) is 13.0 Å². The molecule has 0 aliphatic carbocycles. The lowest BCUT2D eigenvalue weighted by Gasteiger charge is -2.08. The highest BCUT2D eigenvalue weighted by atomic mass is 16.5. The lowest BCUT2D eigenvalue weighted by molar-refractivity contribution is -0.140. The third-order valence-corrected chi connectivity index (χ3v) is 3.05. The molecule has 0 aliphatic heterocycles. The summed E-state index contributed by atoms with van der Waals surface area (Å²) in [6.45, 7) is 3.67. The Hall–Kier alpha value is -2.37. The number of rotatable bonds is 7. The van der Waals surface area contributed by atoms with E-state index in [9.17, 15) is 14.4 Å². The minimum absolute atomic E-state index is 0.235. The normalized spacial score (nSPS) is 9.95. The first-order valence-corrected chi connectivity index (χ1v) is 7.02. The average molecular weight is 307 g/mol. The van der Waals surface area contributed by atoms with E-state index in [2.05, 4.69) is 10.1 Å². The Balaban J connectivity index is 2.33. The summed E-state index contributed by atoms with van der Waals surface area (Å²) in [5, 5.41) is 2.57. The van der Waals surface area contributed by atoms with E-state index in [1.165, 1.54) is 7.11 Å². The Labute approximate surface area is 129 Å². The smallest absolute Gasteiger partial charge is 0.338 e. The van der Waals surface area contributed by atoms with E-state index in [1.807, 2.05) is 26.0 Å². The van der Waals surface area contributed by atoms with E-state index < -0.39 is 11.9 Å². The summed E-state index contributed by atoms with van der Waals surface area (Å²) < 4.78 is 9.47. The highest BCUT2D eigenvalue weighted by Crippen LogP contribution is 2.11. The molecule has 1 aromatic carbocycles. The lowest BCUT2D eigenvalue weighted by atomic mass is 10.1. The van der Waals surface area contributed by atoms with Crippen LogP contribution in [0, 0.1) is 13.8 Å². The van der Waals surface area contributed by atoms with Crippen molar-refractivity contribution in [1.82, 2.24) is 5.32 Å². The molecule has 6 heteroatoms. The molecular weight excluding hydrogens is 286 g/mol. The number of carbonyl (C=O) groups excluding carboxylic acids is 3. The zero-order valence-electron chi connectivity index (χ0n) is 13.1. The molecule has 0 atom stereocenters. The highest BCUT2D eigenvalue weighted by Gasteiger charge is 2.12. The maximum absolute atomic E-state index is 11.9. The molecule has 6 nitrogen and oxygen atoms in total. The number of esters is 2. The number of nitrogens with one attached hydrogen (secondary N) is 1. The number of amides is 1. The van der Waals surface area contributed by atoms with Crippen molar-refractivity contribution < 1.29 is 23.9 Å². The minimum atomic E-state index is -0.522. The van der Waals surface area contributed by atoms with Crippen molar-refractivity contribution in [1.29, 1.82) is 0 Å². The highest BCUT2D eigenvalue weighted by molar-refractivity contribution is 5.92. The molecular formula is C16H21NO5. The van der Waals surface area contributed by atoms with Crippen molar-refractivity contribution in [3.8, 4) is 0 Å². The molecule has 0 spiro atoms. The van der Waals surface area contributed by atoms with Gasteiger partial charge in [0.25, 0.3) is 5.91 Å². The topological polar surface area (TPSA) is 81.7 Å². The molecule has 0 heterocycles. The van der Waals surface area contributed by atoms with E-state index in [4.69, 9.17) is 4.74 Å². The first-order chi connectivity index (χ1) is 10.4. The van der Waals surface area contributed by atoms with Gasteiger partial charge in [0.05, 0.1) is 12.7 Å². The number of aryl methyl sites for hydroxylation is 2. The van der Waals surface area contributed by atoms with Gasteiger partial charge in [0.1, 0.15) is 0 Å². The Morgan fingerprint density at radius 1 is 1.18 bits per heavy atom. The van der Waals surface area contributed by atoms with Crippen molar-refractivity contribution in [2.24, 2.45) is 0 Å². The first-order valence-electron chi connectivity index (χ1n) is 7.02. The number of hydrogen-bond donors (Lipinski definition) is 1. The molecule has 0 aromatic heterocycles. The molecule has 0 fully saturated rings. The van der Waals surface area contributed by atoms with Gasteiger partial charge in [-0.15, -0.1) is 0 Å².